The van der Waals surface area contributed by atoms with E-state index in [1.54, 1.807) is 42.5 Å². The van der Waals surface area contributed by atoms with Crippen LogP contribution in [0.4, 0.5) is 10.5 Å². The van der Waals surface area contributed by atoms with E-state index < -0.39 is 30.4 Å². The third-order valence-corrected chi connectivity index (χ3v) is 4.97. The smallest absolute Gasteiger partial charge is 0.341 e. The lowest BCUT2D eigenvalue weighted by Gasteiger charge is -2.26. The highest BCUT2D eigenvalue weighted by Crippen LogP contribution is 2.35. The molecule has 0 saturated carbocycles. The molecule has 3 rings (SSSR count). The van der Waals surface area contributed by atoms with Crippen LogP contribution >= 0.6 is 31.9 Å². The Morgan fingerprint density at radius 3 is 2.31 bits per heavy atom. The van der Waals surface area contributed by atoms with Gasteiger partial charge in [-0.1, -0.05) is 18.2 Å². The van der Waals surface area contributed by atoms with Crippen LogP contribution in [0, 0.1) is 0 Å². The van der Waals surface area contributed by atoms with Gasteiger partial charge in [0.2, 0.25) is 0 Å². The van der Waals surface area contributed by atoms with Crippen LogP contribution in [0.3, 0.4) is 0 Å². The molecule has 1 saturated heterocycles. The largest absolute Gasteiger partial charge is 0.480 e. The van der Waals surface area contributed by atoms with E-state index in [0.717, 1.165) is 4.90 Å². The van der Waals surface area contributed by atoms with Gasteiger partial charge in [0, 0.05) is 0 Å². The average Bonchev–Trinajstić information content (AvgIpc) is 2.65. The van der Waals surface area contributed by atoms with Gasteiger partial charge in [-0.05, 0) is 67.8 Å². The molecule has 29 heavy (non-hydrogen) atoms. The molecule has 0 spiro atoms. The summed E-state index contributed by atoms with van der Waals surface area (Å²) in [5.41, 5.74) is 0.548. The number of halogens is 2. The molecule has 148 valence electrons. The summed E-state index contributed by atoms with van der Waals surface area (Å²) in [6.45, 7) is -0.535. The number of ether oxygens (including phenoxy) is 1. The molecular formula is C19H12Br2N2O6. The van der Waals surface area contributed by atoms with E-state index in [-0.39, 0.29) is 11.3 Å². The molecule has 0 aromatic heterocycles. The number of rotatable bonds is 5. The number of amides is 4. The predicted molar refractivity (Wildman–Crippen MR) is 110 cm³/mol. The molecule has 0 radical (unpaired) electrons. The summed E-state index contributed by atoms with van der Waals surface area (Å²) < 4.78 is 6.02. The van der Waals surface area contributed by atoms with E-state index in [4.69, 9.17) is 9.84 Å². The quantitative estimate of drug-likeness (QED) is 0.459. The molecule has 0 aliphatic carbocycles. The highest BCUT2D eigenvalue weighted by Gasteiger charge is 2.36. The number of nitrogens with zero attached hydrogens (tertiary/aromatic N) is 1. The second-order valence-corrected chi connectivity index (χ2v) is 7.50. The molecule has 1 aliphatic heterocycles. The van der Waals surface area contributed by atoms with Crippen molar-refractivity contribution in [1.82, 2.24) is 5.32 Å². The molecule has 8 nitrogen and oxygen atoms in total. The summed E-state index contributed by atoms with van der Waals surface area (Å²) in [4.78, 5) is 48.8. The molecule has 2 N–H and O–H groups in total. The number of aliphatic carboxylic acids is 1. The van der Waals surface area contributed by atoms with Gasteiger partial charge in [0.1, 0.15) is 11.3 Å². The first-order valence-corrected chi connectivity index (χ1v) is 9.66. The number of imide groups is 2. The Labute approximate surface area is 181 Å². The number of hydrogen-bond acceptors (Lipinski definition) is 5. The summed E-state index contributed by atoms with van der Waals surface area (Å²) in [6.07, 6.45) is 1.33. The normalized spacial score (nSPS) is 15.4. The topological polar surface area (TPSA) is 113 Å². The monoisotopic (exact) mass is 522 g/mol. The van der Waals surface area contributed by atoms with Crippen molar-refractivity contribution in [2.45, 2.75) is 0 Å². The molecule has 1 fully saturated rings. The van der Waals surface area contributed by atoms with Gasteiger partial charge >= 0.3 is 12.0 Å². The predicted octanol–water partition coefficient (Wildman–Crippen LogP) is 3.34. The zero-order chi connectivity index (χ0) is 21.1. The first-order chi connectivity index (χ1) is 13.8. The van der Waals surface area contributed by atoms with Gasteiger partial charge in [0.15, 0.2) is 6.61 Å². The maximum absolute atomic E-state index is 12.8. The van der Waals surface area contributed by atoms with Gasteiger partial charge in [0.05, 0.1) is 14.6 Å². The lowest BCUT2D eigenvalue weighted by molar-refractivity contribution is -0.139. The standard InChI is InChI=1S/C19H12Br2N2O6/c20-13-7-10(8-14(21)16(13)29-9-15(24)25)6-12-17(26)22-19(28)23(18(12)27)11-4-2-1-3-5-11/h1-8H,9H2,(H,24,25)(H,22,26,28)/b12-6+. The summed E-state index contributed by atoms with van der Waals surface area (Å²) in [7, 11) is 0. The molecule has 2 aromatic rings. The third kappa shape index (κ3) is 4.54. The van der Waals surface area contributed by atoms with Crippen molar-refractivity contribution < 1.29 is 29.0 Å². The van der Waals surface area contributed by atoms with Crippen LogP contribution in [0.1, 0.15) is 5.56 Å². The van der Waals surface area contributed by atoms with Crippen LogP contribution in [0.2, 0.25) is 0 Å². The van der Waals surface area contributed by atoms with E-state index in [1.165, 1.54) is 6.08 Å². The van der Waals surface area contributed by atoms with Gasteiger partial charge in [-0.2, -0.15) is 0 Å². The van der Waals surface area contributed by atoms with Crippen LogP contribution in [0.25, 0.3) is 6.08 Å². The molecule has 1 heterocycles. The maximum atomic E-state index is 12.8. The minimum Gasteiger partial charge on any atom is -0.480 e. The first kappa shape index (κ1) is 20.7. The van der Waals surface area contributed by atoms with Crippen LogP contribution < -0.4 is 15.0 Å². The number of carbonyl (C=O) groups excluding carboxylic acids is 3. The van der Waals surface area contributed by atoms with Crippen molar-refractivity contribution in [3.05, 3.63) is 62.5 Å². The van der Waals surface area contributed by atoms with E-state index >= 15 is 0 Å². The Morgan fingerprint density at radius 2 is 1.72 bits per heavy atom. The number of nitrogens with one attached hydrogen (secondary N) is 1. The number of para-hydroxylation sites is 1. The molecular weight excluding hydrogens is 512 g/mol. The summed E-state index contributed by atoms with van der Waals surface area (Å²) in [6, 6.07) is 10.5. The highest BCUT2D eigenvalue weighted by atomic mass is 79.9. The van der Waals surface area contributed by atoms with Crippen molar-refractivity contribution in [3.8, 4) is 5.75 Å². The summed E-state index contributed by atoms with van der Waals surface area (Å²) in [5.74, 6) is -2.45. The molecule has 10 heteroatoms. The Bertz CT molecular complexity index is 1030. The van der Waals surface area contributed by atoms with E-state index in [0.29, 0.717) is 20.2 Å². The lowest BCUT2D eigenvalue weighted by Crippen LogP contribution is -2.54. The Balaban J connectivity index is 1.96. The van der Waals surface area contributed by atoms with E-state index in [2.05, 4.69) is 37.2 Å². The number of carboxylic acid groups (broad SMARTS) is 1. The number of anilines is 1. The Morgan fingerprint density at radius 1 is 1.10 bits per heavy atom. The SMILES string of the molecule is O=C(O)COc1c(Br)cc(/C=C2\C(=O)NC(=O)N(c3ccccc3)C2=O)cc1Br. The Hall–Kier alpha value is -2.98. The number of benzene rings is 2. The lowest BCUT2D eigenvalue weighted by atomic mass is 10.1. The summed E-state index contributed by atoms with van der Waals surface area (Å²) >= 11 is 6.55. The van der Waals surface area contributed by atoms with Gasteiger partial charge in [-0.3, -0.25) is 14.9 Å². The highest BCUT2D eigenvalue weighted by molar-refractivity contribution is 9.11. The molecule has 1 aliphatic rings. The zero-order valence-electron chi connectivity index (χ0n) is 14.5. The van der Waals surface area contributed by atoms with Crippen molar-refractivity contribution in [2.24, 2.45) is 0 Å². The van der Waals surface area contributed by atoms with Crippen molar-refractivity contribution in [1.29, 1.82) is 0 Å². The second kappa shape index (κ2) is 8.58. The zero-order valence-corrected chi connectivity index (χ0v) is 17.7. The minimum absolute atomic E-state index is 0.230. The molecule has 2 aromatic carbocycles. The number of hydrogen-bond donors (Lipinski definition) is 2. The Kier molecular flexibility index (Phi) is 6.14. The molecule has 0 atom stereocenters. The molecule has 4 amide bonds. The number of carboxylic acids is 1. The van der Waals surface area contributed by atoms with Crippen molar-refractivity contribution in [3.63, 3.8) is 0 Å². The number of barbiturate groups is 1. The maximum Gasteiger partial charge on any atom is 0.341 e. The van der Waals surface area contributed by atoms with Gasteiger partial charge < -0.3 is 9.84 Å². The van der Waals surface area contributed by atoms with Crippen LogP contribution in [0.15, 0.2) is 57.0 Å². The second-order valence-electron chi connectivity index (χ2n) is 5.79. The van der Waals surface area contributed by atoms with Crippen LogP contribution in [-0.4, -0.2) is 35.5 Å². The van der Waals surface area contributed by atoms with Gasteiger partial charge in [0.25, 0.3) is 11.8 Å². The van der Waals surface area contributed by atoms with E-state index in [1.807, 2.05) is 0 Å². The van der Waals surface area contributed by atoms with Crippen molar-refractivity contribution in [2.75, 3.05) is 11.5 Å². The van der Waals surface area contributed by atoms with E-state index in [9.17, 15) is 19.2 Å². The van der Waals surface area contributed by atoms with Crippen molar-refractivity contribution >= 4 is 67.4 Å². The van der Waals surface area contributed by atoms with Crippen LogP contribution in [0.5, 0.6) is 5.75 Å². The number of urea groups is 1. The fraction of sp³-hybridized carbons (Fsp3) is 0.0526. The molecule has 0 bridgehead atoms. The minimum atomic E-state index is -1.13. The molecule has 0 unspecified atom stereocenters. The van der Waals surface area contributed by atoms with Gasteiger partial charge in [-0.15, -0.1) is 0 Å². The average molecular weight is 524 g/mol. The first-order valence-electron chi connectivity index (χ1n) is 8.08. The van der Waals surface area contributed by atoms with Gasteiger partial charge in [-0.25, -0.2) is 14.5 Å². The van der Waals surface area contributed by atoms with Crippen LogP contribution in [-0.2, 0) is 14.4 Å². The fourth-order valence-electron chi connectivity index (χ4n) is 2.57. The fourth-order valence-corrected chi connectivity index (χ4v) is 4.02. The third-order valence-electron chi connectivity index (χ3n) is 3.79. The summed E-state index contributed by atoms with van der Waals surface area (Å²) in [5, 5.41) is 10.9. The number of carbonyl (C=O) groups is 4.